The minimum absolute atomic E-state index is 0.0571. The van der Waals surface area contributed by atoms with Crippen LogP contribution in [0.25, 0.3) is 0 Å². The second-order valence-corrected chi connectivity index (χ2v) is 6.05. The van der Waals surface area contributed by atoms with Gasteiger partial charge < -0.3 is 15.8 Å². The van der Waals surface area contributed by atoms with E-state index in [-0.39, 0.29) is 5.91 Å². The fraction of sp³-hybridized carbons (Fsp3) is 0.111. The van der Waals surface area contributed by atoms with Crippen molar-refractivity contribution in [3.8, 4) is 11.5 Å². The Labute approximate surface area is 144 Å². The van der Waals surface area contributed by atoms with Crippen LogP contribution in [-0.4, -0.2) is 10.9 Å². The first-order valence-electron chi connectivity index (χ1n) is 7.52. The maximum Gasteiger partial charge on any atom is 0.224 e. The molecule has 0 unspecified atom stereocenters. The summed E-state index contributed by atoms with van der Waals surface area (Å²) >= 11 is 1.38. The minimum Gasteiger partial charge on any atom is -0.457 e. The molecule has 1 amide bonds. The number of amides is 1. The zero-order chi connectivity index (χ0) is 16.8. The predicted molar refractivity (Wildman–Crippen MR) is 96.4 cm³/mol. The van der Waals surface area contributed by atoms with Gasteiger partial charge in [0.25, 0.3) is 0 Å². The number of carbonyl (C=O) groups excluding carboxylic acids is 1. The maximum atomic E-state index is 12.0. The number of nitrogens with two attached hydrogens (primary N) is 1. The molecule has 0 aliphatic rings. The molecule has 24 heavy (non-hydrogen) atoms. The number of aromatic nitrogens is 1. The van der Waals surface area contributed by atoms with Gasteiger partial charge in [0.05, 0.1) is 5.69 Å². The molecule has 3 aromatic rings. The Hall–Kier alpha value is -2.86. The van der Waals surface area contributed by atoms with Gasteiger partial charge in [-0.05, 0) is 42.8 Å². The van der Waals surface area contributed by atoms with Crippen LogP contribution in [0.1, 0.15) is 12.1 Å². The van der Waals surface area contributed by atoms with Crippen LogP contribution in [0.3, 0.4) is 0 Å². The Balaban J connectivity index is 1.51. The third-order valence-electron chi connectivity index (χ3n) is 3.29. The van der Waals surface area contributed by atoms with Crippen molar-refractivity contribution in [2.75, 3.05) is 11.1 Å². The topological polar surface area (TPSA) is 77.2 Å². The molecule has 0 radical (unpaired) electrons. The van der Waals surface area contributed by atoms with Crippen molar-refractivity contribution < 1.29 is 9.53 Å². The number of hydrogen-bond donors (Lipinski definition) is 2. The normalized spacial score (nSPS) is 10.3. The number of para-hydroxylation sites is 1. The summed E-state index contributed by atoms with van der Waals surface area (Å²) in [5.74, 6) is 1.44. The second-order valence-electron chi connectivity index (χ2n) is 5.16. The number of anilines is 2. The number of nitrogens with zero attached hydrogens (tertiary/aromatic N) is 1. The summed E-state index contributed by atoms with van der Waals surface area (Å²) in [6.07, 6.45) is 0.945. The summed E-state index contributed by atoms with van der Waals surface area (Å²) in [6, 6.07) is 16.8. The van der Waals surface area contributed by atoms with Crippen LogP contribution in [0.2, 0.25) is 0 Å². The molecule has 0 fully saturated rings. The Morgan fingerprint density at radius 3 is 2.46 bits per heavy atom. The van der Waals surface area contributed by atoms with E-state index in [0.29, 0.717) is 18.0 Å². The van der Waals surface area contributed by atoms with Crippen LogP contribution < -0.4 is 15.8 Å². The van der Waals surface area contributed by atoms with Crippen LogP contribution in [-0.2, 0) is 11.2 Å². The minimum atomic E-state index is -0.0571. The van der Waals surface area contributed by atoms with Gasteiger partial charge in [-0.25, -0.2) is 4.98 Å². The van der Waals surface area contributed by atoms with Crippen LogP contribution in [0.5, 0.6) is 11.5 Å². The standard InChI is InChI=1S/C18H17N3O2S/c19-18-21-14(12-24-18)8-11-17(22)20-13-6-9-16(10-7-13)23-15-4-2-1-3-5-15/h1-7,9-10,12H,8,11H2,(H2,19,21)(H,20,22). The zero-order valence-corrected chi connectivity index (χ0v) is 13.8. The molecule has 0 saturated carbocycles. The maximum absolute atomic E-state index is 12.0. The molecule has 0 saturated heterocycles. The van der Waals surface area contributed by atoms with Crippen molar-refractivity contribution in [2.45, 2.75) is 12.8 Å². The fourth-order valence-corrected chi connectivity index (χ4v) is 2.73. The Kier molecular flexibility index (Phi) is 5.08. The van der Waals surface area contributed by atoms with E-state index in [1.54, 1.807) is 0 Å². The molecule has 2 aromatic carbocycles. The fourth-order valence-electron chi connectivity index (χ4n) is 2.13. The lowest BCUT2D eigenvalue weighted by molar-refractivity contribution is -0.116. The Morgan fingerprint density at radius 2 is 1.79 bits per heavy atom. The molecule has 0 spiro atoms. The number of hydrogen-bond acceptors (Lipinski definition) is 5. The number of ether oxygens (including phenoxy) is 1. The highest BCUT2D eigenvalue weighted by Gasteiger charge is 2.06. The van der Waals surface area contributed by atoms with E-state index < -0.39 is 0 Å². The summed E-state index contributed by atoms with van der Waals surface area (Å²) in [5, 5.41) is 5.26. The summed E-state index contributed by atoms with van der Waals surface area (Å²) in [5.41, 5.74) is 7.15. The van der Waals surface area contributed by atoms with Crippen LogP contribution >= 0.6 is 11.3 Å². The third-order valence-corrected chi connectivity index (χ3v) is 4.02. The van der Waals surface area contributed by atoms with Crippen LogP contribution in [0.15, 0.2) is 60.0 Å². The first-order valence-corrected chi connectivity index (χ1v) is 8.40. The lowest BCUT2D eigenvalue weighted by Gasteiger charge is -2.08. The van der Waals surface area contributed by atoms with E-state index in [0.717, 1.165) is 22.9 Å². The number of benzene rings is 2. The number of nitrogens with one attached hydrogen (secondary N) is 1. The van der Waals surface area contributed by atoms with E-state index in [1.807, 2.05) is 60.0 Å². The average Bonchev–Trinajstić information content (AvgIpc) is 3.01. The van der Waals surface area contributed by atoms with E-state index in [1.165, 1.54) is 11.3 Å². The zero-order valence-electron chi connectivity index (χ0n) is 12.9. The summed E-state index contributed by atoms with van der Waals surface area (Å²) in [4.78, 5) is 16.1. The van der Waals surface area contributed by atoms with Gasteiger partial charge in [-0.15, -0.1) is 11.3 Å². The van der Waals surface area contributed by atoms with Gasteiger partial charge in [-0.3, -0.25) is 4.79 Å². The van der Waals surface area contributed by atoms with Crippen molar-refractivity contribution in [2.24, 2.45) is 0 Å². The smallest absolute Gasteiger partial charge is 0.224 e. The van der Waals surface area contributed by atoms with Gasteiger partial charge in [-0.2, -0.15) is 0 Å². The molecule has 3 N–H and O–H groups in total. The lowest BCUT2D eigenvalue weighted by atomic mass is 10.2. The highest BCUT2D eigenvalue weighted by atomic mass is 32.1. The van der Waals surface area contributed by atoms with Crippen molar-refractivity contribution in [3.05, 3.63) is 65.7 Å². The Bertz CT molecular complexity index is 801. The molecule has 0 bridgehead atoms. The van der Waals surface area contributed by atoms with Gasteiger partial charge in [0.15, 0.2) is 5.13 Å². The van der Waals surface area contributed by atoms with E-state index in [9.17, 15) is 4.79 Å². The monoisotopic (exact) mass is 339 g/mol. The molecular weight excluding hydrogens is 322 g/mol. The van der Waals surface area contributed by atoms with Crippen molar-refractivity contribution >= 4 is 28.1 Å². The Morgan fingerprint density at radius 1 is 1.08 bits per heavy atom. The first kappa shape index (κ1) is 16.0. The van der Waals surface area contributed by atoms with Gasteiger partial charge in [0.2, 0.25) is 5.91 Å². The molecule has 6 heteroatoms. The highest BCUT2D eigenvalue weighted by molar-refractivity contribution is 7.13. The summed E-state index contributed by atoms with van der Waals surface area (Å²) in [7, 11) is 0. The molecule has 0 atom stereocenters. The van der Waals surface area contributed by atoms with Gasteiger partial charge >= 0.3 is 0 Å². The van der Waals surface area contributed by atoms with Gasteiger partial charge in [0.1, 0.15) is 11.5 Å². The molecule has 5 nitrogen and oxygen atoms in total. The summed E-state index contributed by atoms with van der Waals surface area (Å²) < 4.78 is 5.71. The number of nitrogen functional groups attached to an aromatic ring is 1. The van der Waals surface area contributed by atoms with Crippen LogP contribution in [0.4, 0.5) is 10.8 Å². The van der Waals surface area contributed by atoms with E-state index in [4.69, 9.17) is 10.5 Å². The summed E-state index contributed by atoms with van der Waals surface area (Å²) in [6.45, 7) is 0. The number of carbonyl (C=O) groups is 1. The van der Waals surface area contributed by atoms with Crippen molar-refractivity contribution in [1.29, 1.82) is 0 Å². The predicted octanol–water partition coefficient (Wildman–Crippen LogP) is 4.09. The number of aryl methyl sites for hydroxylation is 1. The van der Waals surface area contributed by atoms with Gasteiger partial charge in [-0.1, -0.05) is 18.2 Å². The lowest BCUT2D eigenvalue weighted by Crippen LogP contribution is -2.12. The molecule has 1 heterocycles. The molecule has 3 rings (SSSR count). The van der Waals surface area contributed by atoms with Crippen LogP contribution in [0, 0.1) is 0 Å². The van der Waals surface area contributed by atoms with Crippen molar-refractivity contribution in [1.82, 2.24) is 4.98 Å². The molecular formula is C18H17N3O2S. The van der Waals surface area contributed by atoms with Crippen molar-refractivity contribution in [3.63, 3.8) is 0 Å². The second kappa shape index (κ2) is 7.61. The third kappa shape index (κ3) is 4.57. The molecule has 0 aliphatic carbocycles. The average molecular weight is 339 g/mol. The van der Waals surface area contributed by atoms with E-state index >= 15 is 0 Å². The molecule has 122 valence electrons. The highest BCUT2D eigenvalue weighted by Crippen LogP contribution is 2.22. The van der Waals surface area contributed by atoms with Gasteiger partial charge in [0, 0.05) is 17.5 Å². The first-order chi connectivity index (χ1) is 11.7. The molecule has 0 aliphatic heterocycles. The molecule has 1 aromatic heterocycles. The van der Waals surface area contributed by atoms with E-state index in [2.05, 4.69) is 10.3 Å². The quantitative estimate of drug-likeness (QED) is 0.709. The SMILES string of the molecule is Nc1nc(CCC(=O)Nc2ccc(Oc3ccccc3)cc2)cs1. The largest absolute Gasteiger partial charge is 0.457 e. The number of rotatable bonds is 6. The number of thiazole rings is 1.